The monoisotopic (exact) mass is 216 g/mol. The molecule has 3 atom stereocenters. The third-order valence-corrected chi connectivity index (χ3v) is 6.50. The van der Waals surface area contributed by atoms with E-state index in [1.807, 2.05) is 0 Å². The fraction of sp³-hybridized carbons (Fsp3) is 1.00. The fourth-order valence-corrected chi connectivity index (χ4v) is 5.00. The van der Waals surface area contributed by atoms with E-state index in [0.717, 1.165) is 30.6 Å². The van der Waals surface area contributed by atoms with Crippen LogP contribution in [0.1, 0.15) is 40.5 Å². The van der Waals surface area contributed by atoms with Gasteiger partial charge in [0.15, 0.2) is 0 Å². The zero-order valence-electron chi connectivity index (χ0n) is 9.95. The summed E-state index contributed by atoms with van der Waals surface area (Å²) >= 11 is 0. The summed E-state index contributed by atoms with van der Waals surface area (Å²) in [7, 11) is -1.38. The number of hydrogen-bond acceptors (Lipinski definition) is 2. The van der Waals surface area contributed by atoms with Crippen LogP contribution >= 0.6 is 0 Å². The van der Waals surface area contributed by atoms with E-state index >= 15 is 0 Å². The first kappa shape index (κ1) is 12.2. The molecule has 0 heterocycles. The van der Waals surface area contributed by atoms with Gasteiger partial charge in [0.05, 0.1) is 0 Å². The molecule has 0 bridgehead atoms. The highest BCUT2D eigenvalue weighted by molar-refractivity contribution is 6.46. The molecule has 1 saturated carbocycles. The van der Waals surface area contributed by atoms with Gasteiger partial charge in [-0.05, 0) is 32.1 Å². The largest absolute Gasteiger partial charge is 0.397 e. The van der Waals surface area contributed by atoms with Crippen LogP contribution in [0, 0.1) is 11.8 Å². The van der Waals surface area contributed by atoms with Crippen LogP contribution in [0.2, 0.25) is 5.54 Å². The van der Waals surface area contributed by atoms with Crippen molar-refractivity contribution in [1.82, 2.24) is 0 Å². The van der Waals surface area contributed by atoms with Crippen molar-refractivity contribution in [2.45, 2.75) is 46.1 Å². The fourth-order valence-electron chi connectivity index (χ4n) is 2.41. The summed E-state index contributed by atoms with van der Waals surface area (Å²) in [6.45, 7) is 10.5. The van der Waals surface area contributed by atoms with E-state index in [2.05, 4.69) is 27.7 Å². The summed E-state index contributed by atoms with van der Waals surface area (Å²) in [6.07, 6.45) is 2.68. The predicted octanol–water partition coefficient (Wildman–Crippen LogP) is 2.72. The second kappa shape index (κ2) is 5.88. The van der Waals surface area contributed by atoms with Crippen molar-refractivity contribution in [2.24, 2.45) is 11.8 Å². The lowest BCUT2D eigenvalue weighted by molar-refractivity contribution is 0.196. The number of rotatable bonds is 5. The highest BCUT2D eigenvalue weighted by atomic mass is 28.3. The van der Waals surface area contributed by atoms with Crippen LogP contribution in [0.15, 0.2) is 0 Å². The van der Waals surface area contributed by atoms with Crippen molar-refractivity contribution in [3.05, 3.63) is 0 Å². The first-order valence-corrected chi connectivity index (χ1v) is 7.54. The second-order valence-corrected chi connectivity index (χ2v) is 6.62. The molecule has 1 aliphatic carbocycles. The minimum absolute atomic E-state index is 0.741. The van der Waals surface area contributed by atoms with Crippen molar-refractivity contribution in [3.63, 3.8) is 0 Å². The lowest BCUT2D eigenvalue weighted by Crippen LogP contribution is -2.31. The smallest absolute Gasteiger partial charge is 0.324 e. The van der Waals surface area contributed by atoms with Crippen molar-refractivity contribution in [3.8, 4) is 0 Å². The average Bonchev–Trinajstić information content (AvgIpc) is 2.48. The highest BCUT2D eigenvalue weighted by Crippen LogP contribution is 2.42. The summed E-state index contributed by atoms with van der Waals surface area (Å²) < 4.78 is 11.6. The van der Waals surface area contributed by atoms with Crippen molar-refractivity contribution < 1.29 is 8.85 Å². The number of hydrogen-bond donors (Lipinski definition) is 0. The van der Waals surface area contributed by atoms with Crippen LogP contribution in [-0.2, 0) is 8.85 Å². The Morgan fingerprint density at radius 1 is 1.07 bits per heavy atom. The predicted molar refractivity (Wildman–Crippen MR) is 61.7 cm³/mol. The topological polar surface area (TPSA) is 18.5 Å². The van der Waals surface area contributed by atoms with Gasteiger partial charge >= 0.3 is 9.28 Å². The summed E-state index contributed by atoms with van der Waals surface area (Å²) in [5.41, 5.74) is 0.741. The van der Waals surface area contributed by atoms with Gasteiger partial charge in [-0.3, -0.25) is 0 Å². The zero-order valence-corrected chi connectivity index (χ0v) is 11.1. The summed E-state index contributed by atoms with van der Waals surface area (Å²) in [5.74, 6) is 1.65. The summed E-state index contributed by atoms with van der Waals surface area (Å²) in [4.78, 5) is 0. The molecule has 14 heavy (non-hydrogen) atoms. The molecule has 3 unspecified atom stereocenters. The van der Waals surface area contributed by atoms with Gasteiger partial charge < -0.3 is 8.85 Å². The Morgan fingerprint density at radius 3 is 2.00 bits per heavy atom. The lowest BCUT2D eigenvalue weighted by atomic mass is 10.0. The van der Waals surface area contributed by atoms with Crippen molar-refractivity contribution >= 4 is 9.28 Å². The molecule has 3 heteroatoms. The van der Waals surface area contributed by atoms with Crippen LogP contribution in [-0.4, -0.2) is 22.5 Å². The van der Waals surface area contributed by atoms with E-state index < -0.39 is 9.28 Å². The Kier molecular flexibility index (Phi) is 5.13. The van der Waals surface area contributed by atoms with Gasteiger partial charge in [-0.15, -0.1) is 0 Å². The maximum absolute atomic E-state index is 5.80. The molecule has 1 fully saturated rings. The molecule has 0 aliphatic heterocycles. The molecule has 0 spiro atoms. The third-order valence-electron chi connectivity index (χ3n) is 3.54. The minimum Gasteiger partial charge on any atom is -0.397 e. The van der Waals surface area contributed by atoms with Crippen LogP contribution in [0.4, 0.5) is 0 Å². The SMILES string of the molecule is CCO[SiH](OCC)C1CCC(C)C1C. The standard InChI is InChI=1S/C11H24O2Si/c1-5-12-14(13-6-2)11-8-7-9(3)10(11)4/h9-11,14H,5-8H2,1-4H3. The molecule has 1 rings (SSSR count). The quantitative estimate of drug-likeness (QED) is 0.658. The van der Waals surface area contributed by atoms with Crippen molar-refractivity contribution in [1.29, 1.82) is 0 Å². The second-order valence-electron chi connectivity index (χ2n) is 4.36. The van der Waals surface area contributed by atoms with Gasteiger partial charge in [-0.2, -0.15) is 0 Å². The van der Waals surface area contributed by atoms with Gasteiger partial charge in [0, 0.05) is 18.8 Å². The minimum atomic E-state index is -1.38. The summed E-state index contributed by atoms with van der Waals surface area (Å²) in [5, 5.41) is 0. The Bertz CT molecular complexity index is 157. The van der Waals surface area contributed by atoms with E-state index in [9.17, 15) is 0 Å². The third kappa shape index (κ3) is 2.81. The Balaban J connectivity index is 2.50. The van der Waals surface area contributed by atoms with E-state index in [-0.39, 0.29) is 0 Å². The normalized spacial score (nSPS) is 32.8. The van der Waals surface area contributed by atoms with Gasteiger partial charge in [0.1, 0.15) is 0 Å². The first-order valence-electron chi connectivity index (χ1n) is 5.93. The first-order chi connectivity index (χ1) is 6.70. The lowest BCUT2D eigenvalue weighted by Gasteiger charge is -2.25. The Morgan fingerprint density at radius 2 is 1.64 bits per heavy atom. The molecule has 0 N–H and O–H groups in total. The molecule has 1 aliphatic rings. The molecule has 84 valence electrons. The summed E-state index contributed by atoms with van der Waals surface area (Å²) in [6, 6.07) is 0. The molecule has 0 saturated heterocycles. The van der Waals surface area contributed by atoms with Gasteiger partial charge in [0.25, 0.3) is 0 Å². The Labute approximate surface area is 89.8 Å². The molecule has 2 nitrogen and oxygen atoms in total. The van der Waals surface area contributed by atoms with Crippen molar-refractivity contribution in [2.75, 3.05) is 13.2 Å². The van der Waals surface area contributed by atoms with Crippen LogP contribution in [0.25, 0.3) is 0 Å². The molecule has 0 aromatic rings. The maximum atomic E-state index is 5.80. The van der Waals surface area contributed by atoms with Crippen LogP contribution in [0.3, 0.4) is 0 Å². The molecule has 0 aromatic heterocycles. The molecular formula is C11H24O2Si. The van der Waals surface area contributed by atoms with E-state index in [0.29, 0.717) is 0 Å². The molecule has 0 aromatic carbocycles. The average molecular weight is 216 g/mol. The Hall–Kier alpha value is 0.137. The molecule has 0 radical (unpaired) electrons. The van der Waals surface area contributed by atoms with Gasteiger partial charge in [0.2, 0.25) is 0 Å². The van der Waals surface area contributed by atoms with E-state index in [4.69, 9.17) is 8.85 Å². The van der Waals surface area contributed by atoms with Gasteiger partial charge in [-0.1, -0.05) is 20.3 Å². The van der Waals surface area contributed by atoms with Crippen LogP contribution in [0.5, 0.6) is 0 Å². The molecule has 0 amide bonds. The van der Waals surface area contributed by atoms with Crippen LogP contribution < -0.4 is 0 Å². The zero-order chi connectivity index (χ0) is 10.6. The van der Waals surface area contributed by atoms with Gasteiger partial charge in [-0.25, -0.2) is 0 Å². The van der Waals surface area contributed by atoms with E-state index in [1.165, 1.54) is 12.8 Å². The van der Waals surface area contributed by atoms with E-state index in [1.54, 1.807) is 0 Å². The highest BCUT2D eigenvalue weighted by Gasteiger charge is 2.38. The maximum Gasteiger partial charge on any atom is 0.324 e. The molecular weight excluding hydrogens is 192 g/mol.